The van der Waals surface area contributed by atoms with Crippen molar-refractivity contribution in [2.24, 2.45) is 4.99 Å². The molecule has 0 aliphatic carbocycles. The molecule has 2 rings (SSSR count). The monoisotopic (exact) mass is 322 g/mol. The van der Waals surface area contributed by atoms with E-state index in [9.17, 15) is 4.79 Å². The van der Waals surface area contributed by atoms with Gasteiger partial charge in [0, 0.05) is 43.5 Å². The van der Waals surface area contributed by atoms with E-state index in [1.54, 1.807) is 18.4 Å². The van der Waals surface area contributed by atoms with Crippen LogP contribution in [0.1, 0.15) is 37.6 Å². The molecule has 0 atom stereocenters. The normalized spacial score (nSPS) is 15.5. The molecule has 5 nitrogen and oxygen atoms in total. The number of hydrogen-bond acceptors (Lipinski definition) is 3. The number of amides is 1. The predicted octanol–water partition coefficient (Wildman–Crippen LogP) is 1.99. The third-order valence-corrected chi connectivity index (χ3v) is 4.53. The van der Waals surface area contributed by atoms with E-state index in [-0.39, 0.29) is 11.4 Å². The van der Waals surface area contributed by atoms with E-state index in [4.69, 9.17) is 0 Å². The lowest BCUT2D eigenvalue weighted by atomic mass is 10.1. The van der Waals surface area contributed by atoms with Crippen molar-refractivity contribution < 1.29 is 4.79 Å². The average Bonchev–Trinajstić information content (AvgIpc) is 2.92. The fraction of sp³-hybridized carbons (Fsp3) is 0.625. The number of aliphatic imine (C=N–C) groups is 1. The molecule has 22 heavy (non-hydrogen) atoms. The van der Waals surface area contributed by atoms with Gasteiger partial charge in [-0.05, 0) is 44.2 Å². The van der Waals surface area contributed by atoms with Crippen LogP contribution in [0, 0.1) is 0 Å². The van der Waals surface area contributed by atoms with Crippen molar-refractivity contribution in [2.45, 2.75) is 45.7 Å². The first-order valence-electron chi connectivity index (χ1n) is 7.71. The Bertz CT molecular complexity index is 545. The van der Waals surface area contributed by atoms with Crippen LogP contribution in [0.25, 0.3) is 0 Å². The minimum absolute atomic E-state index is 0.0475. The van der Waals surface area contributed by atoms with Crippen molar-refractivity contribution in [2.75, 3.05) is 20.1 Å². The number of carbonyl (C=O) groups excluding carboxylic acids is 1. The van der Waals surface area contributed by atoms with Gasteiger partial charge < -0.3 is 15.5 Å². The van der Waals surface area contributed by atoms with Crippen LogP contribution in [0.15, 0.2) is 16.4 Å². The zero-order chi connectivity index (χ0) is 16.2. The van der Waals surface area contributed by atoms with E-state index in [2.05, 4.69) is 47.8 Å². The molecule has 0 saturated heterocycles. The molecule has 1 aromatic heterocycles. The summed E-state index contributed by atoms with van der Waals surface area (Å²) in [5, 5.41) is 8.60. The largest absolute Gasteiger partial charge is 0.356 e. The van der Waals surface area contributed by atoms with Gasteiger partial charge in [-0.1, -0.05) is 0 Å². The molecule has 1 amide bonds. The van der Waals surface area contributed by atoms with Crippen molar-refractivity contribution in [3.63, 3.8) is 0 Å². The Morgan fingerprint density at radius 2 is 2.23 bits per heavy atom. The number of fused-ring (bicyclic) bond motifs is 1. The number of nitrogens with one attached hydrogen (secondary N) is 2. The van der Waals surface area contributed by atoms with E-state index >= 15 is 0 Å². The van der Waals surface area contributed by atoms with Gasteiger partial charge in [-0.15, -0.1) is 11.3 Å². The molecule has 2 heterocycles. The average molecular weight is 322 g/mol. The molecule has 0 spiro atoms. The Kier molecular flexibility index (Phi) is 5.45. The summed E-state index contributed by atoms with van der Waals surface area (Å²) in [5.74, 6) is 0.939. The molecular formula is C16H26N4OS. The van der Waals surface area contributed by atoms with Crippen LogP contribution in [-0.2, 0) is 17.8 Å². The van der Waals surface area contributed by atoms with E-state index in [1.807, 2.05) is 4.90 Å². The third-order valence-electron chi connectivity index (χ3n) is 3.51. The van der Waals surface area contributed by atoms with Crippen LogP contribution in [0.2, 0.25) is 0 Å². The Morgan fingerprint density at radius 3 is 2.91 bits per heavy atom. The molecule has 1 aliphatic heterocycles. The van der Waals surface area contributed by atoms with Gasteiger partial charge in [-0.25, -0.2) is 0 Å². The van der Waals surface area contributed by atoms with Crippen molar-refractivity contribution in [3.8, 4) is 0 Å². The standard InChI is InChI=1S/C16H26N4OS/c1-16(2,3)19-15(17-4)18-8-5-14(21)20-9-6-13-12(11-20)7-10-22-13/h7,10H,5-6,8-9,11H2,1-4H3,(H2,17,18,19). The third kappa shape index (κ3) is 4.73. The highest BCUT2D eigenvalue weighted by atomic mass is 32.1. The summed E-state index contributed by atoms with van der Waals surface area (Å²) in [6.45, 7) is 8.43. The van der Waals surface area contributed by atoms with Crippen molar-refractivity contribution in [1.29, 1.82) is 0 Å². The van der Waals surface area contributed by atoms with E-state index < -0.39 is 0 Å². The van der Waals surface area contributed by atoms with Gasteiger partial charge in [0.15, 0.2) is 5.96 Å². The lowest BCUT2D eigenvalue weighted by Crippen LogP contribution is -2.48. The maximum Gasteiger partial charge on any atom is 0.224 e. The Hall–Kier alpha value is -1.56. The second-order valence-electron chi connectivity index (χ2n) is 6.56. The molecule has 1 aromatic rings. The van der Waals surface area contributed by atoms with Gasteiger partial charge in [-0.3, -0.25) is 9.79 Å². The molecule has 0 fully saturated rings. The van der Waals surface area contributed by atoms with Crippen LogP contribution in [0.4, 0.5) is 0 Å². The molecule has 1 aliphatic rings. The number of guanidine groups is 1. The molecule has 6 heteroatoms. The zero-order valence-electron chi connectivity index (χ0n) is 13.9. The number of thiophene rings is 1. The Morgan fingerprint density at radius 1 is 1.45 bits per heavy atom. The second kappa shape index (κ2) is 7.13. The summed E-state index contributed by atoms with van der Waals surface area (Å²) in [5.41, 5.74) is 1.26. The van der Waals surface area contributed by atoms with Crippen LogP contribution < -0.4 is 10.6 Å². The molecule has 122 valence electrons. The maximum atomic E-state index is 12.3. The summed E-state index contributed by atoms with van der Waals surface area (Å²) in [4.78, 5) is 19.9. The van der Waals surface area contributed by atoms with E-state index in [0.717, 1.165) is 25.5 Å². The molecule has 0 aromatic carbocycles. The van der Waals surface area contributed by atoms with Gasteiger partial charge in [0.05, 0.1) is 0 Å². The summed E-state index contributed by atoms with van der Waals surface area (Å²) in [6, 6.07) is 2.13. The lowest BCUT2D eigenvalue weighted by Gasteiger charge is -2.27. The highest BCUT2D eigenvalue weighted by Gasteiger charge is 2.21. The van der Waals surface area contributed by atoms with Crippen molar-refractivity contribution >= 4 is 23.2 Å². The number of rotatable bonds is 3. The maximum absolute atomic E-state index is 12.3. The first-order chi connectivity index (χ1) is 10.4. The first-order valence-corrected chi connectivity index (χ1v) is 8.59. The van der Waals surface area contributed by atoms with Gasteiger partial charge in [-0.2, -0.15) is 0 Å². The lowest BCUT2D eigenvalue weighted by molar-refractivity contribution is -0.131. The Balaban J connectivity index is 1.77. The molecule has 2 N–H and O–H groups in total. The quantitative estimate of drug-likeness (QED) is 0.661. The molecule has 0 radical (unpaired) electrons. The highest BCUT2D eigenvalue weighted by Crippen LogP contribution is 2.24. The molecular weight excluding hydrogens is 296 g/mol. The van der Waals surface area contributed by atoms with Gasteiger partial charge >= 0.3 is 0 Å². The van der Waals surface area contributed by atoms with Crippen molar-refractivity contribution in [1.82, 2.24) is 15.5 Å². The zero-order valence-corrected chi connectivity index (χ0v) is 14.7. The van der Waals surface area contributed by atoms with E-state index in [1.165, 1.54) is 10.4 Å². The van der Waals surface area contributed by atoms with E-state index in [0.29, 0.717) is 13.0 Å². The van der Waals surface area contributed by atoms with Gasteiger partial charge in [0.1, 0.15) is 0 Å². The SMILES string of the molecule is CN=C(NCCC(=O)N1CCc2sccc2C1)NC(C)(C)C. The summed E-state index contributed by atoms with van der Waals surface area (Å²) in [7, 11) is 1.74. The minimum atomic E-state index is -0.0475. The van der Waals surface area contributed by atoms with Crippen LogP contribution >= 0.6 is 11.3 Å². The second-order valence-corrected chi connectivity index (χ2v) is 7.56. The fourth-order valence-corrected chi connectivity index (χ4v) is 3.33. The molecule has 0 bridgehead atoms. The smallest absolute Gasteiger partial charge is 0.224 e. The topological polar surface area (TPSA) is 56.7 Å². The van der Waals surface area contributed by atoms with Crippen molar-refractivity contribution in [3.05, 3.63) is 21.9 Å². The van der Waals surface area contributed by atoms with Crippen LogP contribution in [0.5, 0.6) is 0 Å². The van der Waals surface area contributed by atoms with Crippen LogP contribution in [-0.4, -0.2) is 42.4 Å². The first kappa shape index (κ1) is 16.8. The van der Waals surface area contributed by atoms with Gasteiger partial charge in [0.25, 0.3) is 0 Å². The van der Waals surface area contributed by atoms with Gasteiger partial charge in [0.2, 0.25) is 5.91 Å². The highest BCUT2D eigenvalue weighted by molar-refractivity contribution is 7.10. The molecule has 0 unspecified atom stereocenters. The predicted molar refractivity (Wildman–Crippen MR) is 92.3 cm³/mol. The number of nitrogens with zero attached hydrogens (tertiary/aromatic N) is 2. The Labute approximate surface area is 136 Å². The number of hydrogen-bond donors (Lipinski definition) is 2. The summed E-state index contributed by atoms with van der Waals surface area (Å²) < 4.78 is 0. The minimum Gasteiger partial charge on any atom is -0.356 e. The summed E-state index contributed by atoms with van der Waals surface area (Å²) >= 11 is 1.79. The molecule has 0 saturated carbocycles. The van der Waals surface area contributed by atoms with Crippen LogP contribution in [0.3, 0.4) is 0 Å². The number of carbonyl (C=O) groups is 1. The summed E-state index contributed by atoms with van der Waals surface area (Å²) in [6.07, 6.45) is 1.48. The fourth-order valence-electron chi connectivity index (χ4n) is 2.44.